The summed E-state index contributed by atoms with van der Waals surface area (Å²) in [6.45, 7) is 2.68. The Morgan fingerprint density at radius 2 is 1.81 bits per heavy atom. The van der Waals surface area contributed by atoms with Gasteiger partial charge in [0.05, 0.1) is 0 Å². The Labute approximate surface area is 157 Å². The van der Waals surface area contributed by atoms with Crippen LogP contribution in [0.25, 0.3) is 11.1 Å². The van der Waals surface area contributed by atoms with Gasteiger partial charge < -0.3 is 10.7 Å². The molecule has 1 aromatic heterocycles. The van der Waals surface area contributed by atoms with E-state index in [1.165, 1.54) is 0 Å². The number of hydrogen-bond acceptors (Lipinski definition) is 4. The Balaban J connectivity index is 1.95. The summed E-state index contributed by atoms with van der Waals surface area (Å²) in [5, 5.41) is 0. The fraction of sp³-hybridized carbons (Fsp3) is 0.333. The molecule has 1 aromatic carbocycles. The smallest absolute Gasteiger partial charge is 0.365 e. The number of rotatable bonds is 4. The molecular weight excluding hydrogens is 379 g/mol. The standard InChI is InChI=1S/C18H18F3N3O2S/c19-18(20,21)15-13(9-14(16(22)25)17(26)23-15)12-3-1-11(2-4-12)10-24-5-7-27-8-6-24/h1-4,9H,5-8,10H2,(H2,22,25)(H,23,26). The van der Waals surface area contributed by atoms with Crippen LogP contribution in [0.1, 0.15) is 21.6 Å². The first-order valence-corrected chi connectivity index (χ1v) is 9.45. The Morgan fingerprint density at radius 3 is 2.37 bits per heavy atom. The molecule has 0 aliphatic carbocycles. The van der Waals surface area contributed by atoms with Crippen LogP contribution in [-0.2, 0) is 12.7 Å². The molecule has 0 saturated carbocycles. The highest BCUT2D eigenvalue weighted by Gasteiger charge is 2.36. The monoisotopic (exact) mass is 397 g/mol. The van der Waals surface area contributed by atoms with Crippen LogP contribution in [0.4, 0.5) is 13.2 Å². The van der Waals surface area contributed by atoms with Crippen molar-refractivity contribution in [1.29, 1.82) is 0 Å². The molecule has 3 rings (SSSR count). The molecule has 2 heterocycles. The number of primary amides is 1. The summed E-state index contributed by atoms with van der Waals surface area (Å²) in [6.07, 6.45) is -4.77. The molecule has 2 aromatic rings. The first-order chi connectivity index (χ1) is 12.8. The predicted octanol–water partition coefficient (Wildman–Crippen LogP) is 2.71. The number of thioether (sulfide) groups is 1. The molecule has 0 spiro atoms. The van der Waals surface area contributed by atoms with Crippen molar-refractivity contribution in [2.45, 2.75) is 12.7 Å². The van der Waals surface area contributed by atoms with Gasteiger partial charge in [-0.15, -0.1) is 0 Å². The molecule has 5 nitrogen and oxygen atoms in total. The summed E-state index contributed by atoms with van der Waals surface area (Å²) in [4.78, 5) is 27.1. The zero-order chi connectivity index (χ0) is 19.6. The van der Waals surface area contributed by atoms with Gasteiger partial charge in [0.2, 0.25) is 0 Å². The molecule has 0 bridgehead atoms. The second-order valence-corrected chi connectivity index (χ2v) is 7.47. The van der Waals surface area contributed by atoms with E-state index in [0.29, 0.717) is 0 Å². The summed E-state index contributed by atoms with van der Waals surface area (Å²) >= 11 is 1.90. The summed E-state index contributed by atoms with van der Waals surface area (Å²) in [6, 6.07) is 7.53. The van der Waals surface area contributed by atoms with Gasteiger partial charge in [-0.3, -0.25) is 14.5 Å². The number of nitrogens with one attached hydrogen (secondary N) is 1. The molecule has 0 unspecified atom stereocenters. The van der Waals surface area contributed by atoms with E-state index in [2.05, 4.69) is 4.90 Å². The Morgan fingerprint density at radius 1 is 1.19 bits per heavy atom. The summed E-state index contributed by atoms with van der Waals surface area (Å²) in [5.74, 6) is 1.06. The molecule has 1 aliphatic heterocycles. The Kier molecular flexibility index (Phi) is 5.61. The largest absolute Gasteiger partial charge is 0.431 e. The lowest BCUT2D eigenvalue weighted by molar-refractivity contribution is -0.140. The van der Waals surface area contributed by atoms with Crippen LogP contribution in [0.5, 0.6) is 0 Å². The second-order valence-electron chi connectivity index (χ2n) is 6.25. The number of carbonyl (C=O) groups is 1. The number of H-pyrrole nitrogens is 1. The molecule has 1 saturated heterocycles. The average Bonchev–Trinajstić information content (AvgIpc) is 2.62. The van der Waals surface area contributed by atoms with Crippen LogP contribution in [0.15, 0.2) is 35.1 Å². The van der Waals surface area contributed by atoms with Crippen molar-refractivity contribution in [3.05, 3.63) is 57.5 Å². The van der Waals surface area contributed by atoms with Crippen LogP contribution in [0, 0.1) is 0 Å². The number of aromatic amines is 1. The van der Waals surface area contributed by atoms with Gasteiger partial charge in [-0.25, -0.2) is 0 Å². The lowest BCUT2D eigenvalue weighted by Crippen LogP contribution is -2.31. The fourth-order valence-electron chi connectivity index (χ4n) is 2.97. The maximum Gasteiger partial charge on any atom is 0.431 e. The number of nitrogens with two attached hydrogens (primary N) is 1. The van der Waals surface area contributed by atoms with Crippen LogP contribution in [0.3, 0.4) is 0 Å². The van der Waals surface area contributed by atoms with Crippen molar-refractivity contribution in [1.82, 2.24) is 9.88 Å². The molecule has 0 atom stereocenters. The maximum atomic E-state index is 13.3. The van der Waals surface area contributed by atoms with Crippen molar-refractivity contribution < 1.29 is 18.0 Å². The van der Waals surface area contributed by atoms with Crippen LogP contribution in [0.2, 0.25) is 0 Å². The number of pyridine rings is 1. The lowest BCUT2D eigenvalue weighted by Gasteiger charge is -2.26. The molecular formula is C18H18F3N3O2S. The molecule has 1 fully saturated rings. The summed E-state index contributed by atoms with van der Waals surface area (Å²) in [7, 11) is 0. The third kappa shape index (κ3) is 4.54. The zero-order valence-electron chi connectivity index (χ0n) is 14.3. The first-order valence-electron chi connectivity index (χ1n) is 8.29. The minimum Gasteiger partial charge on any atom is -0.365 e. The number of alkyl halides is 3. The van der Waals surface area contributed by atoms with Gasteiger partial charge in [-0.05, 0) is 17.2 Å². The van der Waals surface area contributed by atoms with Crippen molar-refractivity contribution >= 4 is 17.7 Å². The molecule has 3 N–H and O–H groups in total. The summed E-state index contributed by atoms with van der Waals surface area (Å²) in [5.41, 5.74) is 3.20. The number of halogens is 3. The van der Waals surface area contributed by atoms with Gasteiger partial charge in [0.15, 0.2) is 0 Å². The minimum absolute atomic E-state index is 0.249. The van der Waals surface area contributed by atoms with Crippen molar-refractivity contribution in [3.8, 4) is 11.1 Å². The minimum atomic E-state index is -4.77. The van der Waals surface area contributed by atoms with E-state index in [1.54, 1.807) is 29.2 Å². The SMILES string of the molecule is NC(=O)c1cc(-c2ccc(CN3CCSCC3)cc2)c(C(F)(F)F)[nH]c1=O. The first kappa shape index (κ1) is 19.5. The highest BCUT2D eigenvalue weighted by Crippen LogP contribution is 2.35. The number of nitrogens with zero attached hydrogens (tertiary/aromatic N) is 1. The van der Waals surface area contributed by atoms with Gasteiger partial charge in [0.25, 0.3) is 11.5 Å². The molecule has 1 aliphatic rings. The number of amides is 1. The van der Waals surface area contributed by atoms with Gasteiger partial charge in [0, 0.05) is 36.7 Å². The van der Waals surface area contributed by atoms with E-state index in [0.717, 1.165) is 42.8 Å². The van der Waals surface area contributed by atoms with Crippen molar-refractivity contribution in [2.75, 3.05) is 24.6 Å². The third-order valence-corrected chi connectivity index (χ3v) is 5.31. The van der Waals surface area contributed by atoms with Gasteiger partial charge in [0.1, 0.15) is 11.3 Å². The van der Waals surface area contributed by atoms with Crippen LogP contribution in [-0.4, -0.2) is 40.4 Å². The maximum absolute atomic E-state index is 13.3. The van der Waals surface area contributed by atoms with E-state index in [9.17, 15) is 22.8 Å². The highest BCUT2D eigenvalue weighted by atomic mass is 32.2. The summed E-state index contributed by atoms with van der Waals surface area (Å²) < 4.78 is 40.0. The number of hydrogen-bond donors (Lipinski definition) is 2. The van der Waals surface area contributed by atoms with Crippen LogP contribution >= 0.6 is 11.8 Å². The predicted molar refractivity (Wildman–Crippen MR) is 98.6 cm³/mol. The Hall–Kier alpha value is -2.26. The van der Waals surface area contributed by atoms with E-state index < -0.39 is 28.9 Å². The quantitative estimate of drug-likeness (QED) is 0.832. The van der Waals surface area contributed by atoms with Crippen molar-refractivity contribution in [2.24, 2.45) is 5.73 Å². The lowest BCUT2D eigenvalue weighted by atomic mass is 10.00. The third-order valence-electron chi connectivity index (χ3n) is 4.36. The average molecular weight is 397 g/mol. The molecule has 9 heteroatoms. The fourth-order valence-corrected chi connectivity index (χ4v) is 3.95. The highest BCUT2D eigenvalue weighted by molar-refractivity contribution is 7.99. The van der Waals surface area contributed by atoms with Crippen molar-refractivity contribution in [3.63, 3.8) is 0 Å². The zero-order valence-corrected chi connectivity index (χ0v) is 15.1. The molecule has 144 valence electrons. The number of benzene rings is 1. The molecule has 0 radical (unpaired) electrons. The van der Waals surface area contributed by atoms with Gasteiger partial charge >= 0.3 is 6.18 Å². The number of aromatic nitrogens is 1. The van der Waals surface area contributed by atoms with E-state index in [4.69, 9.17) is 5.73 Å². The molecule has 27 heavy (non-hydrogen) atoms. The van der Waals surface area contributed by atoms with E-state index in [-0.39, 0.29) is 11.1 Å². The topological polar surface area (TPSA) is 79.2 Å². The number of carbonyl (C=O) groups excluding carboxylic acids is 1. The van der Waals surface area contributed by atoms with Gasteiger partial charge in [-0.1, -0.05) is 24.3 Å². The molecule has 1 amide bonds. The normalized spacial score (nSPS) is 15.7. The van der Waals surface area contributed by atoms with Crippen LogP contribution < -0.4 is 11.3 Å². The Bertz CT molecular complexity index is 888. The van der Waals surface area contributed by atoms with E-state index in [1.807, 2.05) is 11.8 Å². The second kappa shape index (κ2) is 7.77. The van der Waals surface area contributed by atoms with Gasteiger partial charge in [-0.2, -0.15) is 24.9 Å². The van der Waals surface area contributed by atoms with E-state index >= 15 is 0 Å².